The monoisotopic (exact) mass is 398 g/mol. The smallest absolute Gasteiger partial charge is 0.257 e. The lowest BCUT2D eigenvalue weighted by atomic mass is 10.2. The van der Waals surface area contributed by atoms with Crippen molar-refractivity contribution in [1.82, 2.24) is 0 Å². The van der Waals surface area contributed by atoms with Crippen LogP contribution in [0.5, 0.6) is 0 Å². The van der Waals surface area contributed by atoms with Crippen molar-refractivity contribution in [3.63, 3.8) is 0 Å². The van der Waals surface area contributed by atoms with E-state index in [-0.39, 0.29) is 11.7 Å². The number of para-hydroxylation sites is 1. The molecule has 2 aromatic carbocycles. The minimum atomic E-state index is -0.416. The summed E-state index contributed by atoms with van der Waals surface area (Å²) in [6.45, 7) is 0. The zero-order valence-electron chi connectivity index (χ0n) is 11.3. The van der Waals surface area contributed by atoms with Gasteiger partial charge in [-0.25, -0.2) is 0 Å². The molecule has 0 atom stereocenters. The summed E-state index contributed by atoms with van der Waals surface area (Å²) in [7, 11) is 0. The topological polar surface area (TPSA) is 72.2 Å². The number of hydrogen-bond donors (Lipinski definition) is 2. The molecule has 7 heteroatoms. The average Bonchev–Trinajstić information content (AvgIpc) is 2.48. The van der Waals surface area contributed by atoms with Crippen molar-refractivity contribution in [1.29, 1.82) is 0 Å². The lowest BCUT2D eigenvalue weighted by Gasteiger charge is -2.11. The summed E-state index contributed by atoms with van der Waals surface area (Å²) in [6, 6.07) is 12.2. The van der Waals surface area contributed by atoms with E-state index in [0.717, 1.165) is 9.37 Å². The maximum Gasteiger partial charge on any atom is 0.257 e. The third-order valence-electron chi connectivity index (χ3n) is 2.68. The van der Waals surface area contributed by atoms with Gasteiger partial charge in [0.05, 0.1) is 22.0 Å². The highest BCUT2D eigenvalue weighted by atomic mass is 79.9. The number of hydrogen-bond acceptors (Lipinski definition) is 3. The van der Waals surface area contributed by atoms with Gasteiger partial charge < -0.3 is 11.1 Å². The molecule has 0 aliphatic carbocycles. The summed E-state index contributed by atoms with van der Waals surface area (Å²) < 4.78 is 0.762. The normalized spacial score (nSPS) is 10.3. The fourth-order valence-corrected chi connectivity index (χ4v) is 3.02. The van der Waals surface area contributed by atoms with Gasteiger partial charge in [-0.15, -0.1) is 11.8 Å². The van der Waals surface area contributed by atoms with Crippen LogP contribution in [-0.2, 0) is 4.79 Å². The van der Waals surface area contributed by atoms with Crippen molar-refractivity contribution in [2.24, 2.45) is 5.73 Å². The highest BCUT2D eigenvalue weighted by molar-refractivity contribution is 9.10. The second kappa shape index (κ2) is 7.67. The van der Waals surface area contributed by atoms with E-state index in [2.05, 4.69) is 21.2 Å². The van der Waals surface area contributed by atoms with Crippen LogP contribution in [0.25, 0.3) is 0 Å². The van der Waals surface area contributed by atoms with Gasteiger partial charge in [0.2, 0.25) is 5.91 Å². The molecule has 0 fully saturated rings. The van der Waals surface area contributed by atoms with Crippen molar-refractivity contribution in [2.45, 2.75) is 4.90 Å². The Morgan fingerprint density at radius 3 is 2.68 bits per heavy atom. The number of carbonyl (C=O) groups is 2. The van der Waals surface area contributed by atoms with Gasteiger partial charge in [0, 0.05) is 9.37 Å². The number of rotatable bonds is 5. The Labute approximate surface area is 145 Å². The maximum absolute atomic E-state index is 12.4. The van der Waals surface area contributed by atoms with Gasteiger partial charge in [-0.2, -0.15) is 0 Å². The number of nitrogens with two attached hydrogens (primary N) is 1. The molecule has 3 N–H and O–H groups in total. The molecule has 0 unspecified atom stereocenters. The molecule has 2 aromatic rings. The van der Waals surface area contributed by atoms with Crippen LogP contribution in [0.1, 0.15) is 10.4 Å². The predicted octanol–water partition coefficient (Wildman–Crippen LogP) is 3.93. The first kappa shape index (κ1) is 16.9. The van der Waals surface area contributed by atoms with Gasteiger partial charge in [-0.3, -0.25) is 9.59 Å². The number of benzene rings is 2. The summed E-state index contributed by atoms with van der Waals surface area (Å²) in [5, 5.41) is 3.17. The number of amides is 2. The highest BCUT2D eigenvalue weighted by Crippen LogP contribution is 2.28. The Hall–Kier alpha value is -1.50. The molecular weight excluding hydrogens is 388 g/mol. The lowest BCUT2D eigenvalue weighted by Crippen LogP contribution is -2.15. The molecule has 0 spiro atoms. The summed E-state index contributed by atoms with van der Waals surface area (Å²) in [5.74, 6) is -0.593. The summed E-state index contributed by atoms with van der Waals surface area (Å²) in [6.07, 6.45) is 0. The van der Waals surface area contributed by atoms with E-state index < -0.39 is 5.91 Å². The van der Waals surface area contributed by atoms with E-state index in [1.165, 1.54) is 11.8 Å². The fourth-order valence-electron chi connectivity index (χ4n) is 1.71. The lowest BCUT2D eigenvalue weighted by molar-refractivity contribution is -0.115. The number of halogens is 2. The molecule has 0 radical (unpaired) electrons. The summed E-state index contributed by atoms with van der Waals surface area (Å²) in [4.78, 5) is 24.0. The quantitative estimate of drug-likeness (QED) is 0.748. The van der Waals surface area contributed by atoms with Crippen LogP contribution in [0.3, 0.4) is 0 Å². The van der Waals surface area contributed by atoms with Crippen LogP contribution < -0.4 is 11.1 Å². The van der Waals surface area contributed by atoms with E-state index >= 15 is 0 Å². The maximum atomic E-state index is 12.4. The van der Waals surface area contributed by atoms with Gasteiger partial charge >= 0.3 is 0 Å². The van der Waals surface area contributed by atoms with Crippen LogP contribution in [0.15, 0.2) is 51.8 Å². The molecule has 0 bridgehead atoms. The molecule has 0 aliphatic rings. The Balaban J connectivity index is 2.21. The van der Waals surface area contributed by atoms with E-state index in [1.54, 1.807) is 30.3 Å². The van der Waals surface area contributed by atoms with Gasteiger partial charge in [0.15, 0.2) is 0 Å². The Kier molecular flexibility index (Phi) is 5.88. The first-order valence-electron chi connectivity index (χ1n) is 6.24. The molecule has 22 heavy (non-hydrogen) atoms. The number of anilines is 1. The van der Waals surface area contributed by atoms with Crippen LogP contribution in [-0.4, -0.2) is 17.6 Å². The largest absolute Gasteiger partial charge is 0.369 e. The molecular formula is C15H12BrClN2O2S. The molecule has 2 rings (SSSR count). The van der Waals surface area contributed by atoms with E-state index in [0.29, 0.717) is 16.3 Å². The third kappa shape index (κ3) is 4.50. The van der Waals surface area contributed by atoms with Crippen LogP contribution in [0, 0.1) is 0 Å². The third-order valence-corrected chi connectivity index (χ3v) is 4.60. The number of primary amides is 1. The minimum absolute atomic E-state index is 0.143. The second-order valence-electron chi connectivity index (χ2n) is 4.33. The standard InChI is InChI=1S/C15H12BrClN2O2S/c16-9-5-6-11(17)10(7-9)15(21)19-12-3-1-2-4-13(12)22-8-14(18)20/h1-7H,8H2,(H2,18,20)(H,19,21). The minimum Gasteiger partial charge on any atom is -0.369 e. The van der Waals surface area contributed by atoms with Crippen molar-refractivity contribution in [2.75, 3.05) is 11.1 Å². The van der Waals surface area contributed by atoms with Gasteiger partial charge in [0.1, 0.15) is 0 Å². The van der Waals surface area contributed by atoms with Crippen molar-refractivity contribution in [3.05, 3.63) is 57.5 Å². The highest BCUT2D eigenvalue weighted by Gasteiger charge is 2.13. The van der Waals surface area contributed by atoms with E-state index in [9.17, 15) is 9.59 Å². The van der Waals surface area contributed by atoms with Gasteiger partial charge in [-0.05, 0) is 30.3 Å². The van der Waals surface area contributed by atoms with Crippen molar-refractivity contribution in [3.8, 4) is 0 Å². The van der Waals surface area contributed by atoms with Crippen LogP contribution >= 0.6 is 39.3 Å². The first-order valence-corrected chi connectivity index (χ1v) is 8.39. The fraction of sp³-hybridized carbons (Fsp3) is 0.0667. The Morgan fingerprint density at radius 1 is 1.23 bits per heavy atom. The van der Waals surface area contributed by atoms with Crippen LogP contribution in [0.4, 0.5) is 5.69 Å². The number of thioether (sulfide) groups is 1. The van der Waals surface area contributed by atoms with E-state index in [4.69, 9.17) is 17.3 Å². The molecule has 0 aromatic heterocycles. The molecule has 0 saturated heterocycles. The molecule has 114 valence electrons. The summed E-state index contributed by atoms with van der Waals surface area (Å²) >= 11 is 10.6. The zero-order valence-corrected chi connectivity index (χ0v) is 14.5. The zero-order chi connectivity index (χ0) is 16.1. The molecule has 0 saturated carbocycles. The van der Waals surface area contributed by atoms with Crippen LogP contribution in [0.2, 0.25) is 5.02 Å². The molecule has 0 heterocycles. The number of nitrogens with one attached hydrogen (secondary N) is 1. The molecule has 0 aliphatic heterocycles. The van der Waals surface area contributed by atoms with Gasteiger partial charge in [-0.1, -0.05) is 39.7 Å². The molecule has 4 nitrogen and oxygen atoms in total. The average molecular weight is 400 g/mol. The first-order chi connectivity index (χ1) is 10.5. The van der Waals surface area contributed by atoms with Crippen molar-refractivity contribution >= 4 is 56.8 Å². The Morgan fingerprint density at radius 2 is 1.95 bits per heavy atom. The SMILES string of the molecule is NC(=O)CSc1ccccc1NC(=O)c1cc(Br)ccc1Cl. The predicted molar refractivity (Wildman–Crippen MR) is 93.5 cm³/mol. The van der Waals surface area contributed by atoms with Crippen molar-refractivity contribution < 1.29 is 9.59 Å². The second-order valence-corrected chi connectivity index (χ2v) is 6.67. The molecule has 2 amide bonds. The summed E-state index contributed by atoms with van der Waals surface area (Å²) in [5.41, 5.74) is 6.12. The van der Waals surface area contributed by atoms with E-state index in [1.807, 2.05) is 12.1 Å². The van der Waals surface area contributed by atoms with Gasteiger partial charge in [0.25, 0.3) is 5.91 Å². The Bertz CT molecular complexity index is 724. The number of carbonyl (C=O) groups excluding carboxylic acids is 2.